The average Bonchev–Trinajstić information content (AvgIpc) is 3.71. The predicted molar refractivity (Wildman–Crippen MR) is 132 cm³/mol. The SMILES string of the molecule is CC1C(F)CC(C(=O)NCc2cc(-c3cnc(C(F)(F)F)nc3)cnc2C2CC2)N1S(=O)(=O)c1ccc(F)cc1. The van der Waals surface area contributed by atoms with Crippen LogP contribution in [0.15, 0.2) is 53.8 Å². The summed E-state index contributed by atoms with van der Waals surface area (Å²) in [6.45, 7) is 1.29. The summed E-state index contributed by atoms with van der Waals surface area (Å²) in [5, 5.41) is 2.68. The van der Waals surface area contributed by atoms with E-state index in [0.717, 1.165) is 53.8 Å². The number of sulfonamides is 1. The lowest BCUT2D eigenvalue weighted by Crippen LogP contribution is -2.48. The van der Waals surface area contributed by atoms with Crippen molar-refractivity contribution < 1.29 is 35.2 Å². The fourth-order valence-electron chi connectivity index (χ4n) is 4.76. The number of hydrogen-bond acceptors (Lipinski definition) is 6. The fourth-order valence-corrected chi connectivity index (χ4v) is 6.57. The smallest absolute Gasteiger partial charge is 0.351 e. The summed E-state index contributed by atoms with van der Waals surface area (Å²) in [5.74, 6) is -2.48. The summed E-state index contributed by atoms with van der Waals surface area (Å²) < 4.78 is 94.0. The lowest BCUT2D eigenvalue weighted by molar-refractivity contribution is -0.145. The van der Waals surface area contributed by atoms with Crippen LogP contribution in [0.1, 0.15) is 49.2 Å². The van der Waals surface area contributed by atoms with E-state index in [9.17, 15) is 35.2 Å². The van der Waals surface area contributed by atoms with E-state index < -0.39 is 52.0 Å². The van der Waals surface area contributed by atoms with Gasteiger partial charge in [-0.15, -0.1) is 0 Å². The summed E-state index contributed by atoms with van der Waals surface area (Å²) in [7, 11) is -4.32. The number of carbonyl (C=O) groups excluding carboxylic acids is 1. The highest BCUT2D eigenvalue weighted by molar-refractivity contribution is 7.89. The van der Waals surface area contributed by atoms with Crippen molar-refractivity contribution in [1.29, 1.82) is 0 Å². The molecule has 3 unspecified atom stereocenters. The van der Waals surface area contributed by atoms with Crippen LogP contribution in [0.3, 0.4) is 0 Å². The van der Waals surface area contributed by atoms with Crippen molar-refractivity contribution in [1.82, 2.24) is 24.6 Å². The molecular weight excluding hydrogens is 557 g/mol. The van der Waals surface area contributed by atoms with Crippen molar-refractivity contribution in [2.75, 3.05) is 0 Å². The molecule has 3 aromatic rings. The largest absolute Gasteiger partial charge is 0.451 e. The minimum atomic E-state index is -4.68. The number of alkyl halides is 4. The standard InChI is InChI=1S/C26H24F5N5O3S/c1-14-21(28)9-22(36(14)40(38,39)20-6-4-19(27)5-7-20)24(37)33-11-17-8-16(10-32-23(17)15-2-3-15)18-12-34-25(35-13-18)26(29,30)31/h4-8,10,12-15,21-22H,2-3,9,11H2,1H3,(H,33,37). The molecule has 2 aliphatic rings. The Labute approximate surface area is 226 Å². The molecule has 1 saturated heterocycles. The van der Waals surface area contributed by atoms with Crippen molar-refractivity contribution in [3.8, 4) is 11.1 Å². The Balaban J connectivity index is 1.38. The third-order valence-corrected chi connectivity index (χ3v) is 9.04. The molecule has 1 aliphatic heterocycles. The van der Waals surface area contributed by atoms with Crippen LogP contribution in [0.5, 0.6) is 0 Å². The number of amides is 1. The number of nitrogens with one attached hydrogen (secondary N) is 1. The van der Waals surface area contributed by atoms with Gasteiger partial charge in [-0.1, -0.05) is 0 Å². The van der Waals surface area contributed by atoms with Gasteiger partial charge in [0.1, 0.15) is 18.0 Å². The monoisotopic (exact) mass is 581 g/mol. The Morgan fingerprint density at radius 1 is 1.05 bits per heavy atom. The maximum atomic E-state index is 14.7. The number of halogens is 5. The van der Waals surface area contributed by atoms with Gasteiger partial charge < -0.3 is 5.32 Å². The van der Waals surface area contributed by atoms with Crippen molar-refractivity contribution >= 4 is 15.9 Å². The number of benzene rings is 1. The molecule has 40 heavy (non-hydrogen) atoms. The van der Waals surface area contributed by atoms with Crippen LogP contribution < -0.4 is 5.32 Å². The molecule has 212 valence electrons. The van der Waals surface area contributed by atoms with Gasteiger partial charge in [0, 0.05) is 54.3 Å². The Hall–Kier alpha value is -3.52. The number of carbonyl (C=O) groups is 1. The van der Waals surface area contributed by atoms with Gasteiger partial charge in [-0.05, 0) is 55.7 Å². The van der Waals surface area contributed by atoms with Crippen LogP contribution in [0, 0.1) is 5.82 Å². The lowest BCUT2D eigenvalue weighted by atomic mass is 10.0. The van der Waals surface area contributed by atoms with E-state index in [-0.39, 0.29) is 29.3 Å². The normalized spacial score (nSPS) is 21.9. The molecule has 1 saturated carbocycles. The predicted octanol–water partition coefficient (Wildman–Crippen LogP) is 4.38. The molecule has 0 spiro atoms. The zero-order chi connectivity index (χ0) is 28.8. The average molecular weight is 582 g/mol. The molecule has 2 fully saturated rings. The van der Waals surface area contributed by atoms with Gasteiger partial charge in [0.25, 0.3) is 0 Å². The lowest BCUT2D eigenvalue weighted by Gasteiger charge is -2.27. The second kappa shape index (κ2) is 10.5. The summed E-state index contributed by atoms with van der Waals surface area (Å²) in [4.78, 5) is 24.2. The zero-order valence-electron chi connectivity index (χ0n) is 21.1. The number of rotatable bonds is 7. The number of nitrogens with zero attached hydrogens (tertiary/aromatic N) is 4. The Kier molecular flexibility index (Phi) is 7.33. The first kappa shape index (κ1) is 28.0. The highest BCUT2D eigenvalue weighted by Crippen LogP contribution is 2.41. The molecule has 8 nitrogen and oxygen atoms in total. The van der Waals surface area contributed by atoms with Crippen LogP contribution in [-0.4, -0.2) is 51.8 Å². The molecule has 0 bridgehead atoms. The van der Waals surface area contributed by atoms with Crippen molar-refractivity contribution in [2.24, 2.45) is 0 Å². The van der Waals surface area contributed by atoms with Crippen LogP contribution in [0.4, 0.5) is 22.0 Å². The summed E-state index contributed by atoms with van der Waals surface area (Å²) >= 11 is 0. The van der Waals surface area contributed by atoms with E-state index in [1.807, 2.05) is 0 Å². The van der Waals surface area contributed by atoms with Gasteiger partial charge >= 0.3 is 6.18 Å². The Bertz CT molecular complexity index is 1510. The number of pyridine rings is 1. The second-order valence-electron chi connectivity index (χ2n) is 9.85. The topological polar surface area (TPSA) is 105 Å². The number of hydrogen-bond donors (Lipinski definition) is 1. The second-order valence-corrected chi connectivity index (χ2v) is 11.7. The molecular formula is C26H24F5N5O3S. The fraction of sp³-hybridized carbons (Fsp3) is 0.385. The molecule has 14 heteroatoms. The molecule has 0 radical (unpaired) electrons. The molecule has 3 atom stereocenters. The van der Waals surface area contributed by atoms with E-state index in [4.69, 9.17) is 0 Å². The Morgan fingerprint density at radius 2 is 1.68 bits per heavy atom. The van der Waals surface area contributed by atoms with Crippen molar-refractivity contribution in [3.05, 3.63) is 71.8 Å². The van der Waals surface area contributed by atoms with E-state index in [1.54, 1.807) is 6.07 Å². The summed E-state index contributed by atoms with van der Waals surface area (Å²) in [5.41, 5.74) is 2.01. The highest BCUT2D eigenvalue weighted by atomic mass is 32.2. The minimum absolute atomic E-state index is 0.0702. The summed E-state index contributed by atoms with van der Waals surface area (Å²) in [6.07, 6.45) is -1.32. The molecule has 1 amide bonds. The molecule has 2 aromatic heterocycles. The van der Waals surface area contributed by atoms with Crippen LogP contribution in [0.25, 0.3) is 11.1 Å². The molecule has 1 aromatic carbocycles. The quantitative estimate of drug-likeness (QED) is 0.416. The van der Waals surface area contributed by atoms with Gasteiger partial charge in [-0.2, -0.15) is 17.5 Å². The van der Waals surface area contributed by atoms with Crippen molar-refractivity contribution in [3.63, 3.8) is 0 Å². The highest BCUT2D eigenvalue weighted by Gasteiger charge is 2.49. The van der Waals surface area contributed by atoms with Crippen LogP contribution in [-0.2, 0) is 27.5 Å². The van der Waals surface area contributed by atoms with Gasteiger partial charge in [0.05, 0.1) is 10.9 Å². The van der Waals surface area contributed by atoms with Gasteiger partial charge in [-0.25, -0.2) is 27.2 Å². The zero-order valence-corrected chi connectivity index (χ0v) is 21.9. The molecule has 1 aliphatic carbocycles. The van der Waals surface area contributed by atoms with E-state index in [1.165, 1.54) is 13.1 Å². The van der Waals surface area contributed by atoms with Gasteiger partial charge in [0.15, 0.2) is 0 Å². The van der Waals surface area contributed by atoms with Crippen LogP contribution in [0.2, 0.25) is 0 Å². The van der Waals surface area contributed by atoms with E-state index in [2.05, 4.69) is 20.3 Å². The number of aromatic nitrogens is 3. The van der Waals surface area contributed by atoms with E-state index in [0.29, 0.717) is 16.8 Å². The third kappa shape index (κ3) is 5.55. The molecule has 5 rings (SSSR count). The first-order valence-electron chi connectivity index (χ1n) is 12.5. The first-order chi connectivity index (χ1) is 18.9. The Morgan fingerprint density at radius 3 is 2.27 bits per heavy atom. The maximum Gasteiger partial charge on any atom is 0.451 e. The molecule has 3 heterocycles. The van der Waals surface area contributed by atoms with Crippen LogP contribution >= 0.6 is 0 Å². The van der Waals surface area contributed by atoms with Gasteiger partial charge in [0.2, 0.25) is 21.8 Å². The first-order valence-corrected chi connectivity index (χ1v) is 13.9. The maximum absolute atomic E-state index is 14.7. The van der Waals surface area contributed by atoms with E-state index >= 15 is 0 Å². The summed E-state index contributed by atoms with van der Waals surface area (Å²) in [6, 6.07) is 3.24. The third-order valence-electron chi connectivity index (χ3n) is 7.03. The minimum Gasteiger partial charge on any atom is -0.351 e. The van der Waals surface area contributed by atoms with Gasteiger partial charge in [-0.3, -0.25) is 9.78 Å². The van der Waals surface area contributed by atoms with Crippen molar-refractivity contribution in [2.45, 2.75) is 68.0 Å². The molecule has 1 N–H and O–H groups in total.